The van der Waals surface area contributed by atoms with E-state index in [4.69, 9.17) is 9.47 Å². The summed E-state index contributed by atoms with van der Waals surface area (Å²) in [6.45, 7) is 2.03. The molecular formula is C27H27NO5. The average molecular weight is 446 g/mol. The number of amides is 1. The summed E-state index contributed by atoms with van der Waals surface area (Å²) in [5.74, 6) is -1.24. The van der Waals surface area contributed by atoms with E-state index in [2.05, 4.69) is 12.1 Å². The van der Waals surface area contributed by atoms with Crippen LogP contribution >= 0.6 is 0 Å². The monoisotopic (exact) mass is 445 g/mol. The molecular weight excluding hydrogens is 418 g/mol. The van der Waals surface area contributed by atoms with Crippen LogP contribution < -0.4 is 0 Å². The average Bonchev–Trinajstić information content (AvgIpc) is 3.15. The molecule has 0 spiro atoms. The predicted octanol–water partition coefficient (Wildman–Crippen LogP) is 4.93. The second-order valence-electron chi connectivity index (χ2n) is 8.20. The van der Waals surface area contributed by atoms with Gasteiger partial charge in [-0.1, -0.05) is 78.9 Å². The maximum Gasteiger partial charge on any atom is 0.410 e. The van der Waals surface area contributed by atoms with Gasteiger partial charge >= 0.3 is 12.1 Å². The molecule has 0 fully saturated rings. The normalized spacial score (nSPS) is 14.1. The number of benzene rings is 3. The molecule has 0 bridgehead atoms. The van der Waals surface area contributed by atoms with Gasteiger partial charge in [0.2, 0.25) is 0 Å². The van der Waals surface area contributed by atoms with Crippen molar-refractivity contribution in [1.29, 1.82) is 0 Å². The first-order valence-corrected chi connectivity index (χ1v) is 10.9. The summed E-state index contributed by atoms with van der Waals surface area (Å²) in [4.78, 5) is 25.9. The fourth-order valence-corrected chi connectivity index (χ4v) is 4.38. The zero-order valence-corrected chi connectivity index (χ0v) is 18.7. The maximum absolute atomic E-state index is 12.8. The van der Waals surface area contributed by atoms with Gasteiger partial charge in [0.15, 0.2) is 6.04 Å². The Kier molecular flexibility index (Phi) is 6.75. The van der Waals surface area contributed by atoms with Gasteiger partial charge in [-0.2, -0.15) is 0 Å². The molecule has 0 saturated carbocycles. The van der Waals surface area contributed by atoms with Crippen LogP contribution in [0.5, 0.6) is 0 Å². The number of hydrogen-bond acceptors (Lipinski definition) is 4. The lowest BCUT2D eigenvalue weighted by Gasteiger charge is -2.29. The molecule has 4 rings (SSSR count). The number of carbonyl (C=O) groups is 2. The van der Waals surface area contributed by atoms with E-state index in [0.717, 1.165) is 32.7 Å². The van der Waals surface area contributed by atoms with E-state index in [-0.39, 0.29) is 19.1 Å². The van der Waals surface area contributed by atoms with Crippen LogP contribution in [0, 0.1) is 0 Å². The first kappa shape index (κ1) is 22.6. The van der Waals surface area contributed by atoms with Gasteiger partial charge in [0.05, 0.1) is 12.7 Å². The summed E-state index contributed by atoms with van der Waals surface area (Å²) in [7, 11) is 1.43. The molecule has 1 N–H and O–H groups in total. The molecule has 6 nitrogen and oxygen atoms in total. The number of rotatable bonds is 8. The summed E-state index contributed by atoms with van der Waals surface area (Å²) >= 11 is 0. The van der Waals surface area contributed by atoms with Gasteiger partial charge in [-0.05, 0) is 34.7 Å². The molecule has 0 saturated heterocycles. The number of carbonyl (C=O) groups excluding carboxylic acids is 1. The van der Waals surface area contributed by atoms with Crippen LogP contribution in [0.3, 0.4) is 0 Å². The third kappa shape index (κ3) is 4.76. The number of hydrogen-bond donors (Lipinski definition) is 1. The van der Waals surface area contributed by atoms with Crippen LogP contribution in [0.2, 0.25) is 0 Å². The number of likely N-dealkylation sites (N-methyl/N-ethyl adjacent to an activating group) is 1. The van der Waals surface area contributed by atoms with E-state index < -0.39 is 24.2 Å². The van der Waals surface area contributed by atoms with Crippen molar-refractivity contribution >= 4 is 12.1 Å². The van der Waals surface area contributed by atoms with Crippen molar-refractivity contribution < 1.29 is 24.2 Å². The van der Waals surface area contributed by atoms with Gasteiger partial charge in [0.25, 0.3) is 0 Å². The largest absolute Gasteiger partial charge is 0.480 e. The number of aliphatic carboxylic acids is 1. The van der Waals surface area contributed by atoms with E-state index in [1.807, 2.05) is 66.7 Å². The lowest BCUT2D eigenvalue weighted by molar-refractivity contribution is -0.148. The summed E-state index contributed by atoms with van der Waals surface area (Å²) in [5, 5.41) is 9.77. The fraction of sp³-hybridized carbons (Fsp3) is 0.259. The van der Waals surface area contributed by atoms with Crippen molar-refractivity contribution in [1.82, 2.24) is 4.90 Å². The molecule has 1 aliphatic rings. The molecule has 0 heterocycles. The highest BCUT2D eigenvalue weighted by molar-refractivity contribution is 5.81. The Hall–Kier alpha value is -3.64. The van der Waals surface area contributed by atoms with E-state index in [9.17, 15) is 14.7 Å². The molecule has 170 valence electrons. The fourth-order valence-electron chi connectivity index (χ4n) is 4.38. The maximum atomic E-state index is 12.8. The quantitative estimate of drug-likeness (QED) is 0.532. The van der Waals surface area contributed by atoms with Crippen LogP contribution in [0.1, 0.15) is 29.5 Å². The first-order chi connectivity index (χ1) is 16.0. The molecule has 1 aliphatic carbocycles. The Morgan fingerprint density at radius 3 is 2.03 bits per heavy atom. The number of carboxylic acids is 1. The Balaban J connectivity index is 1.42. The van der Waals surface area contributed by atoms with Gasteiger partial charge in [0.1, 0.15) is 6.61 Å². The van der Waals surface area contributed by atoms with Crippen LogP contribution in [-0.4, -0.2) is 47.9 Å². The molecule has 0 unspecified atom stereocenters. The predicted molar refractivity (Wildman–Crippen MR) is 125 cm³/mol. The highest BCUT2D eigenvalue weighted by Gasteiger charge is 2.35. The molecule has 0 radical (unpaired) electrons. The number of carboxylic acid groups (broad SMARTS) is 1. The Morgan fingerprint density at radius 1 is 0.909 bits per heavy atom. The second kappa shape index (κ2) is 9.88. The van der Waals surface area contributed by atoms with Gasteiger partial charge in [-0.3, -0.25) is 4.90 Å². The van der Waals surface area contributed by atoms with Crippen molar-refractivity contribution in [3.63, 3.8) is 0 Å². The highest BCUT2D eigenvalue weighted by atomic mass is 16.6. The van der Waals surface area contributed by atoms with Crippen molar-refractivity contribution in [2.24, 2.45) is 0 Å². The molecule has 2 atom stereocenters. The smallest absolute Gasteiger partial charge is 0.410 e. The van der Waals surface area contributed by atoms with Crippen LogP contribution in [0.15, 0.2) is 78.9 Å². The van der Waals surface area contributed by atoms with E-state index >= 15 is 0 Å². The topological polar surface area (TPSA) is 76.1 Å². The van der Waals surface area contributed by atoms with E-state index in [1.54, 1.807) is 6.92 Å². The molecule has 33 heavy (non-hydrogen) atoms. The van der Waals surface area contributed by atoms with Crippen LogP contribution in [0.4, 0.5) is 4.79 Å². The van der Waals surface area contributed by atoms with Gasteiger partial charge in [-0.25, -0.2) is 9.59 Å². The zero-order valence-electron chi connectivity index (χ0n) is 18.7. The lowest BCUT2D eigenvalue weighted by Crippen LogP contribution is -2.49. The zero-order chi connectivity index (χ0) is 23.4. The van der Waals surface area contributed by atoms with Crippen molar-refractivity contribution in [3.05, 3.63) is 95.6 Å². The Morgan fingerprint density at radius 2 is 1.45 bits per heavy atom. The second-order valence-corrected chi connectivity index (χ2v) is 8.20. The molecule has 1 amide bonds. The first-order valence-electron chi connectivity index (χ1n) is 10.9. The van der Waals surface area contributed by atoms with E-state index in [0.29, 0.717) is 0 Å². The van der Waals surface area contributed by atoms with Gasteiger partial charge < -0.3 is 14.6 Å². The number of fused-ring (bicyclic) bond motifs is 3. The molecule has 3 aromatic rings. The SMILES string of the molecule is C[C@H](OCc1ccccc1)[C@@H](C(=O)O)N(C)C(=O)OCC1c2ccccc2-c2ccccc21. The third-order valence-electron chi connectivity index (χ3n) is 6.09. The van der Waals surface area contributed by atoms with Gasteiger partial charge in [-0.15, -0.1) is 0 Å². The minimum atomic E-state index is -1.18. The van der Waals surface area contributed by atoms with E-state index in [1.165, 1.54) is 7.05 Å². The summed E-state index contributed by atoms with van der Waals surface area (Å²) in [5.41, 5.74) is 5.40. The van der Waals surface area contributed by atoms with Gasteiger partial charge in [0, 0.05) is 13.0 Å². The molecule has 0 aromatic heterocycles. The molecule has 0 aliphatic heterocycles. The summed E-state index contributed by atoms with van der Waals surface area (Å²) in [6.07, 6.45) is -1.42. The molecule has 3 aromatic carbocycles. The third-order valence-corrected chi connectivity index (χ3v) is 6.09. The Labute approximate surface area is 193 Å². The Bertz CT molecular complexity index is 1080. The minimum Gasteiger partial charge on any atom is -0.480 e. The van der Waals surface area contributed by atoms with Crippen molar-refractivity contribution in [2.45, 2.75) is 31.6 Å². The highest BCUT2D eigenvalue weighted by Crippen LogP contribution is 2.44. The number of ether oxygens (including phenoxy) is 2. The van der Waals surface area contributed by atoms with Crippen LogP contribution in [0.25, 0.3) is 11.1 Å². The summed E-state index contributed by atoms with van der Waals surface area (Å²) in [6, 6.07) is 24.4. The number of nitrogens with zero attached hydrogens (tertiary/aromatic N) is 1. The standard InChI is InChI=1S/C27H27NO5/c1-18(32-16-19-10-4-3-5-11-19)25(26(29)30)28(2)27(31)33-17-24-22-14-8-6-12-20(22)21-13-7-9-15-23(21)24/h3-15,18,24-25H,16-17H2,1-2H3,(H,29,30)/t18-,25-/m0/s1. The van der Waals surface area contributed by atoms with Crippen molar-refractivity contribution in [3.8, 4) is 11.1 Å². The summed E-state index contributed by atoms with van der Waals surface area (Å²) < 4.78 is 11.4. The van der Waals surface area contributed by atoms with Crippen LogP contribution in [-0.2, 0) is 20.9 Å². The minimum absolute atomic E-state index is 0.0928. The molecule has 6 heteroatoms. The van der Waals surface area contributed by atoms with Crippen molar-refractivity contribution in [2.75, 3.05) is 13.7 Å². The lowest BCUT2D eigenvalue weighted by atomic mass is 9.98.